The van der Waals surface area contributed by atoms with Gasteiger partial charge in [0.05, 0.1) is 0 Å². The third kappa shape index (κ3) is 6.80. The Hall–Kier alpha value is -3.42. The molecule has 1 fully saturated rings. The van der Waals surface area contributed by atoms with Gasteiger partial charge in [-0.15, -0.1) is 0 Å². The molecule has 2 aromatic carbocycles. The topological polar surface area (TPSA) is 90.5 Å². The molecule has 31 heavy (non-hydrogen) atoms. The first-order chi connectivity index (χ1) is 14.9. The lowest BCUT2D eigenvalue weighted by atomic mass is 10.0. The van der Waals surface area contributed by atoms with E-state index in [0.717, 1.165) is 11.3 Å². The van der Waals surface area contributed by atoms with Gasteiger partial charge in [-0.25, -0.2) is 9.18 Å². The summed E-state index contributed by atoms with van der Waals surface area (Å²) in [6, 6.07) is 14.1. The van der Waals surface area contributed by atoms with Gasteiger partial charge in [-0.3, -0.25) is 9.59 Å². The molecular formula is C23H27FN4O3. The number of rotatable bonds is 6. The third-order valence-electron chi connectivity index (χ3n) is 5.20. The fourth-order valence-electron chi connectivity index (χ4n) is 3.56. The van der Waals surface area contributed by atoms with Gasteiger partial charge in [-0.05, 0) is 42.7 Å². The van der Waals surface area contributed by atoms with Crippen molar-refractivity contribution in [2.24, 2.45) is 0 Å². The predicted octanol–water partition coefficient (Wildman–Crippen LogP) is 2.69. The van der Waals surface area contributed by atoms with Crippen molar-refractivity contribution >= 4 is 23.5 Å². The van der Waals surface area contributed by atoms with E-state index in [2.05, 4.69) is 16.0 Å². The number of nitrogens with one attached hydrogen (secondary N) is 3. The van der Waals surface area contributed by atoms with Gasteiger partial charge in [0.1, 0.15) is 11.9 Å². The predicted molar refractivity (Wildman–Crippen MR) is 116 cm³/mol. The van der Waals surface area contributed by atoms with Crippen molar-refractivity contribution in [3.8, 4) is 0 Å². The SMILES string of the molecule is CC(=O)NC(Cc1ccc(F)cc1)C(=O)NC1CCN(C(=O)Nc2ccccc2)CC1. The van der Waals surface area contributed by atoms with Gasteiger partial charge in [0, 0.05) is 38.2 Å². The quantitative estimate of drug-likeness (QED) is 0.663. The fraction of sp³-hybridized carbons (Fsp3) is 0.348. The molecule has 1 saturated heterocycles. The van der Waals surface area contributed by atoms with Crippen LogP contribution in [0, 0.1) is 5.82 Å². The Morgan fingerprint density at radius 2 is 1.68 bits per heavy atom. The van der Waals surface area contributed by atoms with Crippen LogP contribution in [-0.4, -0.2) is 47.9 Å². The molecular weight excluding hydrogens is 399 g/mol. The lowest BCUT2D eigenvalue weighted by Crippen LogP contribution is -2.53. The highest BCUT2D eigenvalue weighted by Crippen LogP contribution is 2.14. The molecule has 1 atom stereocenters. The van der Waals surface area contributed by atoms with Crippen molar-refractivity contribution in [3.05, 3.63) is 66.0 Å². The first-order valence-corrected chi connectivity index (χ1v) is 10.3. The van der Waals surface area contributed by atoms with Crippen LogP contribution in [-0.2, 0) is 16.0 Å². The molecule has 1 aliphatic heterocycles. The van der Waals surface area contributed by atoms with Crippen LogP contribution in [0.2, 0.25) is 0 Å². The first-order valence-electron chi connectivity index (χ1n) is 10.3. The van der Waals surface area contributed by atoms with E-state index in [9.17, 15) is 18.8 Å². The number of anilines is 1. The number of hydrogen-bond donors (Lipinski definition) is 3. The van der Waals surface area contributed by atoms with Crippen LogP contribution >= 0.6 is 0 Å². The summed E-state index contributed by atoms with van der Waals surface area (Å²) < 4.78 is 13.1. The van der Waals surface area contributed by atoms with Gasteiger partial charge < -0.3 is 20.9 Å². The van der Waals surface area contributed by atoms with Crippen molar-refractivity contribution in [2.45, 2.75) is 38.3 Å². The average molecular weight is 426 g/mol. The molecule has 0 bridgehead atoms. The number of carbonyl (C=O) groups is 3. The van der Waals surface area contributed by atoms with Crippen LogP contribution in [0.4, 0.5) is 14.9 Å². The molecule has 0 aromatic heterocycles. The fourth-order valence-corrected chi connectivity index (χ4v) is 3.56. The maximum atomic E-state index is 13.1. The lowest BCUT2D eigenvalue weighted by Gasteiger charge is -2.33. The molecule has 1 unspecified atom stereocenters. The van der Waals surface area contributed by atoms with Gasteiger partial charge in [0.25, 0.3) is 0 Å². The average Bonchev–Trinajstić information content (AvgIpc) is 2.75. The summed E-state index contributed by atoms with van der Waals surface area (Å²) in [6.45, 7) is 2.40. The normalized spacial score (nSPS) is 15.1. The Morgan fingerprint density at radius 3 is 2.29 bits per heavy atom. The van der Waals surface area contributed by atoms with Crippen molar-refractivity contribution < 1.29 is 18.8 Å². The van der Waals surface area contributed by atoms with Crippen molar-refractivity contribution in [3.63, 3.8) is 0 Å². The van der Waals surface area contributed by atoms with E-state index >= 15 is 0 Å². The molecule has 0 radical (unpaired) electrons. The number of benzene rings is 2. The minimum Gasteiger partial charge on any atom is -0.351 e. The standard InChI is InChI=1S/C23H27FN4O3/c1-16(29)25-21(15-17-7-9-18(24)10-8-17)22(30)26-20-11-13-28(14-12-20)23(31)27-19-5-3-2-4-6-19/h2-10,20-21H,11-15H2,1H3,(H,25,29)(H,26,30)(H,27,31). The third-order valence-corrected chi connectivity index (χ3v) is 5.20. The van der Waals surface area contributed by atoms with Crippen LogP contribution in [0.25, 0.3) is 0 Å². The van der Waals surface area contributed by atoms with E-state index in [1.165, 1.54) is 19.1 Å². The number of halogens is 1. The highest BCUT2D eigenvalue weighted by atomic mass is 19.1. The summed E-state index contributed by atoms with van der Waals surface area (Å²) in [5.74, 6) is -0.950. The number of para-hydroxylation sites is 1. The lowest BCUT2D eigenvalue weighted by molar-refractivity contribution is -0.128. The summed E-state index contributed by atoms with van der Waals surface area (Å²) in [5.41, 5.74) is 1.49. The molecule has 164 valence electrons. The van der Waals surface area contributed by atoms with Crippen molar-refractivity contribution in [1.29, 1.82) is 0 Å². The maximum absolute atomic E-state index is 13.1. The van der Waals surface area contributed by atoms with E-state index in [1.54, 1.807) is 17.0 Å². The number of piperidine rings is 1. The Labute approximate surface area is 181 Å². The van der Waals surface area contributed by atoms with Gasteiger partial charge >= 0.3 is 6.03 Å². The van der Waals surface area contributed by atoms with E-state index in [1.807, 2.05) is 30.3 Å². The molecule has 1 heterocycles. The first kappa shape index (κ1) is 22.3. The Kier molecular flexibility index (Phi) is 7.59. The van der Waals surface area contributed by atoms with E-state index < -0.39 is 6.04 Å². The van der Waals surface area contributed by atoms with Gasteiger partial charge in [0.15, 0.2) is 0 Å². The van der Waals surface area contributed by atoms with Crippen molar-refractivity contribution in [1.82, 2.24) is 15.5 Å². The van der Waals surface area contributed by atoms with Crippen LogP contribution in [0.1, 0.15) is 25.3 Å². The number of urea groups is 1. The maximum Gasteiger partial charge on any atom is 0.321 e. The molecule has 0 aliphatic carbocycles. The van der Waals surface area contributed by atoms with Gasteiger partial charge in [0.2, 0.25) is 11.8 Å². The second-order valence-electron chi connectivity index (χ2n) is 7.65. The highest BCUT2D eigenvalue weighted by molar-refractivity contribution is 5.89. The Morgan fingerprint density at radius 1 is 1.03 bits per heavy atom. The second-order valence-corrected chi connectivity index (χ2v) is 7.65. The van der Waals surface area contributed by atoms with Crippen LogP contribution < -0.4 is 16.0 Å². The van der Waals surface area contributed by atoms with E-state index in [0.29, 0.717) is 25.9 Å². The van der Waals surface area contributed by atoms with Gasteiger partial charge in [-0.1, -0.05) is 30.3 Å². The highest BCUT2D eigenvalue weighted by Gasteiger charge is 2.27. The minimum atomic E-state index is -0.748. The molecule has 0 saturated carbocycles. The molecule has 3 rings (SSSR count). The van der Waals surface area contributed by atoms with E-state index in [-0.39, 0.29) is 36.1 Å². The smallest absolute Gasteiger partial charge is 0.321 e. The van der Waals surface area contributed by atoms with Crippen LogP contribution in [0.15, 0.2) is 54.6 Å². The number of likely N-dealkylation sites (tertiary alicyclic amines) is 1. The van der Waals surface area contributed by atoms with Crippen LogP contribution in [0.5, 0.6) is 0 Å². The zero-order valence-electron chi connectivity index (χ0n) is 17.4. The summed E-state index contributed by atoms with van der Waals surface area (Å²) in [7, 11) is 0. The minimum absolute atomic E-state index is 0.0854. The summed E-state index contributed by atoms with van der Waals surface area (Å²) >= 11 is 0. The monoisotopic (exact) mass is 426 g/mol. The zero-order valence-corrected chi connectivity index (χ0v) is 17.4. The molecule has 4 amide bonds. The molecule has 8 heteroatoms. The summed E-state index contributed by atoms with van der Waals surface area (Å²) in [6.07, 6.45) is 1.51. The largest absolute Gasteiger partial charge is 0.351 e. The number of nitrogens with zero attached hydrogens (tertiary/aromatic N) is 1. The van der Waals surface area contributed by atoms with Crippen LogP contribution in [0.3, 0.4) is 0 Å². The summed E-state index contributed by atoms with van der Waals surface area (Å²) in [4.78, 5) is 38.5. The molecule has 7 nitrogen and oxygen atoms in total. The molecule has 0 spiro atoms. The zero-order chi connectivity index (χ0) is 22.2. The number of hydrogen-bond acceptors (Lipinski definition) is 3. The Balaban J connectivity index is 1.51. The summed E-state index contributed by atoms with van der Waals surface area (Å²) in [5, 5.41) is 8.51. The molecule has 1 aliphatic rings. The number of amides is 4. The second kappa shape index (κ2) is 10.6. The number of carbonyl (C=O) groups excluding carboxylic acids is 3. The van der Waals surface area contributed by atoms with Gasteiger partial charge in [-0.2, -0.15) is 0 Å². The molecule has 2 aromatic rings. The van der Waals surface area contributed by atoms with Crippen molar-refractivity contribution in [2.75, 3.05) is 18.4 Å². The molecule has 3 N–H and O–H groups in total. The Bertz CT molecular complexity index is 897. The van der Waals surface area contributed by atoms with E-state index in [4.69, 9.17) is 0 Å².